The summed E-state index contributed by atoms with van der Waals surface area (Å²) in [5.41, 5.74) is 3.25. The zero-order valence-electron chi connectivity index (χ0n) is 18.8. The van der Waals surface area contributed by atoms with E-state index in [2.05, 4.69) is 33.9 Å². The molecule has 0 saturated carbocycles. The van der Waals surface area contributed by atoms with Gasteiger partial charge in [0.1, 0.15) is 16.4 Å². The minimum absolute atomic E-state index is 0.124. The summed E-state index contributed by atoms with van der Waals surface area (Å²) < 4.78 is 5.52. The third-order valence-electron chi connectivity index (χ3n) is 5.83. The van der Waals surface area contributed by atoms with Gasteiger partial charge in [0.25, 0.3) is 5.91 Å². The van der Waals surface area contributed by atoms with Crippen molar-refractivity contribution in [2.45, 2.75) is 40.7 Å². The normalized spacial score (nSPS) is 14.9. The Labute approximate surface area is 187 Å². The topological polar surface area (TPSA) is 58.6 Å². The molecule has 1 amide bonds. The quantitative estimate of drug-likeness (QED) is 0.577. The number of hydrogen-bond donors (Lipinski definition) is 0. The maximum atomic E-state index is 13.3. The lowest BCUT2D eigenvalue weighted by atomic mass is 10.1. The summed E-state index contributed by atoms with van der Waals surface area (Å²) in [6.45, 7) is 12.9. The Morgan fingerprint density at radius 1 is 1.06 bits per heavy atom. The van der Waals surface area contributed by atoms with Gasteiger partial charge in [0.2, 0.25) is 0 Å². The summed E-state index contributed by atoms with van der Waals surface area (Å²) in [4.78, 5) is 28.6. The lowest BCUT2D eigenvalue weighted by molar-refractivity contribution is 0.0632. The maximum Gasteiger partial charge on any atom is 0.264 e. The van der Waals surface area contributed by atoms with Crippen LogP contribution in [0, 0.1) is 13.8 Å². The molecule has 1 aliphatic rings. The molecular formula is C24H30N4O2S. The molecule has 164 valence electrons. The molecule has 0 atom stereocenters. The largest absolute Gasteiger partial charge is 0.494 e. The minimum Gasteiger partial charge on any atom is -0.494 e. The summed E-state index contributed by atoms with van der Waals surface area (Å²) in [6, 6.07) is 8.30. The predicted molar refractivity (Wildman–Crippen MR) is 125 cm³/mol. The van der Waals surface area contributed by atoms with E-state index in [1.807, 2.05) is 37.8 Å². The van der Waals surface area contributed by atoms with E-state index in [4.69, 9.17) is 4.74 Å². The number of rotatable bonds is 6. The third-order valence-corrected chi connectivity index (χ3v) is 7.00. The number of hydrogen-bond acceptors (Lipinski definition) is 6. The standard InChI is InChI=1S/C24H30N4O2S/c1-5-20-25-17(4)21-16(3)22(31-23(21)26-20)24(29)28-13-11-27(12-14-28)15-18-7-9-19(10-8-18)30-6-2/h7-10H,5-6,11-15H2,1-4H3. The van der Waals surface area contributed by atoms with Crippen molar-refractivity contribution < 1.29 is 9.53 Å². The number of nitrogens with zero attached hydrogens (tertiary/aromatic N) is 4. The van der Waals surface area contributed by atoms with Gasteiger partial charge in [0.15, 0.2) is 0 Å². The number of aromatic nitrogens is 2. The smallest absolute Gasteiger partial charge is 0.264 e. The van der Waals surface area contributed by atoms with Gasteiger partial charge in [-0.25, -0.2) is 9.97 Å². The number of ether oxygens (including phenoxy) is 1. The van der Waals surface area contributed by atoms with Gasteiger partial charge < -0.3 is 9.64 Å². The predicted octanol–water partition coefficient (Wildman–Crippen LogP) is 4.23. The highest BCUT2D eigenvalue weighted by Gasteiger charge is 2.26. The molecule has 0 aliphatic carbocycles. The Morgan fingerprint density at radius 3 is 2.42 bits per heavy atom. The molecular weight excluding hydrogens is 408 g/mol. The number of fused-ring (bicyclic) bond motifs is 1. The lowest BCUT2D eigenvalue weighted by Crippen LogP contribution is -2.48. The Bertz CT molecular complexity index is 1070. The van der Waals surface area contributed by atoms with Gasteiger partial charge in [-0.2, -0.15) is 0 Å². The van der Waals surface area contributed by atoms with Crippen LogP contribution in [0.3, 0.4) is 0 Å². The number of thiophene rings is 1. The Balaban J connectivity index is 1.41. The Hall–Kier alpha value is -2.51. The van der Waals surface area contributed by atoms with E-state index in [0.717, 1.165) is 77.1 Å². The van der Waals surface area contributed by atoms with Gasteiger partial charge in [-0.05, 0) is 44.0 Å². The highest BCUT2D eigenvalue weighted by molar-refractivity contribution is 7.20. The molecule has 0 unspecified atom stereocenters. The van der Waals surface area contributed by atoms with Crippen LogP contribution in [0.1, 0.15) is 46.2 Å². The second-order valence-corrected chi connectivity index (χ2v) is 8.96. The summed E-state index contributed by atoms with van der Waals surface area (Å²) >= 11 is 1.51. The van der Waals surface area contributed by atoms with E-state index >= 15 is 0 Å². The van der Waals surface area contributed by atoms with E-state index in [1.165, 1.54) is 16.9 Å². The van der Waals surface area contributed by atoms with Crippen molar-refractivity contribution in [2.24, 2.45) is 0 Å². The van der Waals surface area contributed by atoms with Crippen LogP contribution < -0.4 is 4.74 Å². The van der Waals surface area contributed by atoms with Gasteiger partial charge >= 0.3 is 0 Å². The Morgan fingerprint density at radius 2 is 1.77 bits per heavy atom. The van der Waals surface area contributed by atoms with Crippen molar-refractivity contribution in [3.8, 4) is 5.75 Å². The van der Waals surface area contributed by atoms with Crippen molar-refractivity contribution in [3.05, 3.63) is 51.8 Å². The monoisotopic (exact) mass is 438 g/mol. The molecule has 2 aromatic heterocycles. The highest BCUT2D eigenvalue weighted by atomic mass is 32.1. The number of benzene rings is 1. The van der Waals surface area contributed by atoms with Gasteiger partial charge in [-0.15, -0.1) is 11.3 Å². The average molecular weight is 439 g/mol. The first kappa shape index (κ1) is 21.7. The van der Waals surface area contributed by atoms with Crippen LogP contribution in [-0.2, 0) is 13.0 Å². The zero-order valence-corrected chi connectivity index (χ0v) is 19.6. The van der Waals surface area contributed by atoms with Gasteiger partial charge in [0, 0.05) is 50.2 Å². The van der Waals surface area contributed by atoms with Crippen molar-refractivity contribution in [1.82, 2.24) is 19.8 Å². The first-order chi connectivity index (χ1) is 15.0. The first-order valence-corrected chi connectivity index (χ1v) is 11.8. The van der Waals surface area contributed by atoms with Crippen LogP contribution in [-0.4, -0.2) is 58.5 Å². The maximum absolute atomic E-state index is 13.3. The minimum atomic E-state index is 0.124. The van der Waals surface area contributed by atoms with Crippen molar-refractivity contribution in [1.29, 1.82) is 0 Å². The average Bonchev–Trinajstić information content (AvgIpc) is 3.12. The second-order valence-electron chi connectivity index (χ2n) is 7.96. The fourth-order valence-electron chi connectivity index (χ4n) is 4.13. The van der Waals surface area contributed by atoms with Crippen LogP contribution in [0.4, 0.5) is 0 Å². The molecule has 7 heteroatoms. The molecule has 1 saturated heterocycles. The van der Waals surface area contributed by atoms with Crippen LogP contribution in [0.2, 0.25) is 0 Å². The van der Waals surface area contributed by atoms with Crippen LogP contribution in [0.25, 0.3) is 10.2 Å². The number of piperazine rings is 1. The van der Waals surface area contributed by atoms with E-state index in [0.29, 0.717) is 6.61 Å². The summed E-state index contributed by atoms with van der Waals surface area (Å²) in [6.07, 6.45) is 0.799. The van der Waals surface area contributed by atoms with E-state index in [9.17, 15) is 4.79 Å². The lowest BCUT2D eigenvalue weighted by Gasteiger charge is -2.34. The van der Waals surface area contributed by atoms with Gasteiger partial charge in [0.05, 0.1) is 11.5 Å². The molecule has 0 spiro atoms. The SMILES string of the molecule is CCOc1ccc(CN2CCN(C(=O)c3sc4nc(CC)nc(C)c4c3C)CC2)cc1. The zero-order chi connectivity index (χ0) is 22.0. The first-order valence-electron chi connectivity index (χ1n) is 11.0. The summed E-state index contributed by atoms with van der Waals surface area (Å²) in [7, 11) is 0. The highest BCUT2D eigenvalue weighted by Crippen LogP contribution is 2.32. The molecule has 31 heavy (non-hydrogen) atoms. The van der Waals surface area contributed by atoms with E-state index < -0.39 is 0 Å². The van der Waals surface area contributed by atoms with Crippen LogP contribution in [0.15, 0.2) is 24.3 Å². The molecule has 1 fully saturated rings. The van der Waals surface area contributed by atoms with Crippen LogP contribution >= 0.6 is 11.3 Å². The van der Waals surface area contributed by atoms with Gasteiger partial charge in [-0.1, -0.05) is 19.1 Å². The third kappa shape index (κ3) is 4.57. The number of amides is 1. The van der Waals surface area contributed by atoms with Crippen molar-refractivity contribution in [3.63, 3.8) is 0 Å². The molecule has 0 radical (unpaired) electrons. The summed E-state index contributed by atoms with van der Waals surface area (Å²) in [5, 5.41) is 1.04. The molecule has 6 nitrogen and oxygen atoms in total. The summed E-state index contributed by atoms with van der Waals surface area (Å²) in [5.74, 6) is 1.87. The Kier molecular flexibility index (Phi) is 6.53. The second kappa shape index (κ2) is 9.32. The number of aryl methyl sites for hydroxylation is 3. The number of carbonyl (C=O) groups excluding carboxylic acids is 1. The van der Waals surface area contributed by atoms with Crippen molar-refractivity contribution >= 4 is 27.5 Å². The fraction of sp³-hybridized carbons (Fsp3) is 0.458. The molecule has 4 rings (SSSR count). The molecule has 0 bridgehead atoms. The fourth-order valence-corrected chi connectivity index (χ4v) is 5.34. The molecule has 3 aromatic rings. The van der Waals surface area contributed by atoms with E-state index in [1.54, 1.807) is 0 Å². The van der Waals surface area contributed by atoms with Crippen molar-refractivity contribution in [2.75, 3.05) is 32.8 Å². The van der Waals surface area contributed by atoms with Gasteiger partial charge in [-0.3, -0.25) is 9.69 Å². The number of carbonyl (C=O) groups is 1. The molecule has 3 heterocycles. The van der Waals surface area contributed by atoms with Crippen LogP contribution in [0.5, 0.6) is 5.75 Å². The molecule has 1 aromatic carbocycles. The molecule has 1 aliphatic heterocycles. The van der Waals surface area contributed by atoms with E-state index in [-0.39, 0.29) is 5.91 Å². The molecule has 0 N–H and O–H groups in total.